The molecule has 1 rings (SSSR count). The summed E-state index contributed by atoms with van der Waals surface area (Å²) in [6.45, 7) is 0. The zero-order valence-electron chi connectivity index (χ0n) is 8.54. The van der Waals surface area contributed by atoms with E-state index < -0.39 is 21.9 Å². The largest absolute Gasteiger partial charge is 0.369 e. The maximum atomic E-state index is 11.5. The highest BCUT2D eigenvalue weighted by atomic mass is 32.2. The number of benzene rings is 1. The van der Waals surface area contributed by atoms with Crippen LogP contribution in [0.15, 0.2) is 34.7 Å². The van der Waals surface area contributed by atoms with Crippen LogP contribution in [-0.4, -0.2) is 26.5 Å². The van der Waals surface area contributed by atoms with Crippen molar-refractivity contribution in [1.82, 2.24) is 5.32 Å². The van der Waals surface area contributed by atoms with Gasteiger partial charge in [0, 0.05) is 5.56 Å². The lowest BCUT2D eigenvalue weighted by Crippen LogP contribution is -2.37. The monoisotopic (exact) mass is 241 g/mol. The minimum Gasteiger partial charge on any atom is -0.369 e. The number of rotatable bonds is 2. The Morgan fingerprint density at radius 3 is 2.38 bits per heavy atom. The number of hydrogen-bond donors (Lipinski definition) is 2. The van der Waals surface area contributed by atoms with E-state index in [9.17, 15) is 13.2 Å². The molecule has 1 aromatic rings. The fourth-order valence-electron chi connectivity index (χ4n) is 0.979. The minimum absolute atomic E-state index is 0.370. The molecule has 6 nitrogen and oxygen atoms in total. The molecular weight excluding hydrogens is 230 g/mol. The van der Waals surface area contributed by atoms with Gasteiger partial charge in [-0.15, -0.1) is 4.40 Å². The smallest absolute Gasteiger partial charge is 0.257 e. The van der Waals surface area contributed by atoms with Crippen molar-refractivity contribution >= 4 is 21.9 Å². The first-order chi connectivity index (χ1) is 7.38. The molecule has 86 valence electrons. The first kappa shape index (κ1) is 12.2. The average Bonchev–Trinajstić information content (AvgIpc) is 2.16. The maximum Gasteiger partial charge on any atom is 0.257 e. The summed E-state index contributed by atoms with van der Waals surface area (Å²) in [6, 6.07) is 8.26. The van der Waals surface area contributed by atoms with E-state index in [0.29, 0.717) is 5.56 Å². The van der Waals surface area contributed by atoms with Gasteiger partial charge in [-0.05, 0) is 12.1 Å². The van der Waals surface area contributed by atoms with Crippen LogP contribution in [0.1, 0.15) is 10.4 Å². The summed E-state index contributed by atoms with van der Waals surface area (Å²) in [7, 11) is -3.60. The summed E-state index contributed by atoms with van der Waals surface area (Å²) in [5, 5.41) is 2.16. The summed E-state index contributed by atoms with van der Waals surface area (Å²) in [5.74, 6) is -0.957. The zero-order valence-corrected chi connectivity index (χ0v) is 9.36. The van der Waals surface area contributed by atoms with E-state index in [1.54, 1.807) is 30.3 Å². The minimum atomic E-state index is -3.60. The van der Waals surface area contributed by atoms with Gasteiger partial charge in [-0.3, -0.25) is 10.1 Å². The lowest BCUT2D eigenvalue weighted by atomic mass is 10.2. The Balaban J connectivity index is 2.77. The molecule has 0 bridgehead atoms. The third kappa shape index (κ3) is 4.09. The Bertz CT molecular complexity index is 508. The highest BCUT2D eigenvalue weighted by molar-refractivity contribution is 7.89. The Kier molecular flexibility index (Phi) is 3.62. The molecule has 0 radical (unpaired) electrons. The van der Waals surface area contributed by atoms with Crippen molar-refractivity contribution < 1.29 is 13.2 Å². The van der Waals surface area contributed by atoms with Gasteiger partial charge in [-0.25, -0.2) is 8.42 Å². The van der Waals surface area contributed by atoms with Gasteiger partial charge in [-0.2, -0.15) is 0 Å². The molecule has 16 heavy (non-hydrogen) atoms. The molecular formula is C9H11N3O3S. The third-order valence-electron chi connectivity index (χ3n) is 1.54. The predicted octanol–water partition coefficient (Wildman–Crippen LogP) is -0.309. The van der Waals surface area contributed by atoms with Crippen LogP contribution in [0, 0.1) is 0 Å². The van der Waals surface area contributed by atoms with E-state index in [0.717, 1.165) is 6.26 Å². The first-order valence-electron chi connectivity index (χ1n) is 4.30. The molecule has 0 aliphatic carbocycles. The van der Waals surface area contributed by atoms with E-state index in [1.807, 2.05) is 0 Å². The number of amides is 1. The van der Waals surface area contributed by atoms with Gasteiger partial charge in [0.1, 0.15) is 0 Å². The van der Waals surface area contributed by atoms with Crippen LogP contribution in [0.2, 0.25) is 0 Å². The van der Waals surface area contributed by atoms with E-state index >= 15 is 0 Å². The molecule has 0 aromatic heterocycles. The van der Waals surface area contributed by atoms with Crippen molar-refractivity contribution in [3.05, 3.63) is 35.9 Å². The molecule has 0 saturated heterocycles. The molecule has 1 amide bonds. The molecule has 0 heterocycles. The SMILES string of the molecule is CS(=O)(=O)N=C(N)NC(=O)c1ccccc1. The van der Waals surface area contributed by atoms with Gasteiger partial charge in [0.15, 0.2) is 0 Å². The third-order valence-corrected chi connectivity index (χ3v) is 2.07. The maximum absolute atomic E-state index is 11.5. The van der Waals surface area contributed by atoms with Crippen LogP contribution in [0.3, 0.4) is 0 Å². The van der Waals surface area contributed by atoms with E-state index in [1.165, 1.54) is 0 Å². The van der Waals surface area contributed by atoms with Crippen LogP contribution >= 0.6 is 0 Å². The summed E-state index contributed by atoms with van der Waals surface area (Å²) in [4.78, 5) is 11.5. The second-order valence-electron chi connectivity index (χ2n) is 3.03. The summed E-state index contributed by atoms with van der Waals surface area (Å²) in [6.07, 6.45) is 0.883. The zero-order chi connectivity index (χ0) is 12.2. The number of sulfonamides is 1. The lowest BCUT2D eigenvalue weighted by Gasteiger charge is -2.02. The van der Waals surface area contributed by atoms with Crippen LogP contribution in [-0.2, 0) is 10.0 Å². The molecule has 0 aliphatic heterocycles. The highest BCUT2D eigenvalue weighted by Crippen LogP contribution is 1.97. The Morgan fingerprint density at radius 2 is 1.88 bits per heavy atom. The number of guanidine groups is 1. The van der Waals surface area contributed by atoms with Gasteiger partial charge < -0.3 is 5.73 Å². The topological polar surface area (TPSA) is 102 Å². The number of nitrogens with one attached hydrogen (secondary N) is 1. The van der Waals surface area contributed by atoms with Crippen LogP contribution < -0.4 is 11.1 Å². The van der Waals surface area contributed by atoms with E-state index in [4.69, 9.17) is 5.73 Å². The molecule has 7 heteroatoms. The molecule has 1 aromatic carbocycles. The quantitative estimate of drug-likeness (QED) is 0.547. The summed E-state index contributed by atoms with van der Waals surface area (Å²) >= 11 is 0. The Morgan fingerprint density at radius 1 is 1.31 bits per heavy atom. The number of nitrogens with zero attached hydrogens (tertiary/aromatic N) is 1. The van der Waals surface area contributed by atoms with Gasteiger partial charge >= 0.3 is 0 Å². The Hall–Kier alpha value is -1.89. The summed E-state index contributed by atoms with van der Waals surface area (Å²) in [5.41, 5.74) is 5.61. The fraction of sp³-hybridized carbons (Fsp3) is 0.111. The van der Waals surface area contributed by atoms with Gasteiger partial charge in [0.25, 0.3) is 15.9 Å². The number of carbonyl (C=O) groups is 1. The predicted molar refractivity (Wildman–Crippen MR) is 60.4 cm³/mol. The van der Waals surface area contributed by atoms with Crippen molar-refractivity contribution in [3.8, 4) is 0 Å². The standard InChI is InChI=1S/C9H11N3O3S/c1-16(14,15)12-9(10)11-8(13)7-5-3-2-4-6-7/h2-6H,1H3,(H3,10,11,12,13). The molecule has 0 aliphatic rings. The first-order valence-corrected chi connectivity index (χ1v) is 6.15. The molecule has 0 saturated carbocycles. The van der Waals surface area contributed by atoms with Crippen molar-refractivity contribution in [3.63, 3.8) is 0 Å². The van der Waals surface area contributed by atoms with E-state index in [-0.39, 0.29) is 0 Å². The van der Waals surface area contributed by atoms with Crippen LogP contribution in [0.25, 0.3) is 0 Å². The Labute approximate surface area is 93.2 Å². The molecule has 0 unspecified atom stereocenters. The normalized spacial score (nSPS) is 12.2. The molecule has 0 spiro atoms. The van der Waals surface area contributed by atoms with Crippen LogP contribution in [0.4, 0.5) is 0 Å². The average molecular weight is 241 g/mol. The van der Waals surface area contributed by atoms with E-state index in [2.05, 4.69) is 9.71 Å². The lowest BCUT2D eigenvalue weighted by molar-refractivity contribution is 0.0977. The number of nitrogens with two attached hydrogens (primary N) is 1. The van der Waals surface area contributed by atoms with Crippen molar-refractivity contribution in [2.45, 2.75) is 0 Å². The van der Waals surface area contributed by atoms with Gasteiger partial charge in [0.2, 0.25) is 5.96 Å². The summed E-state index contributed by atoms with van der Waals surface area (Å²) < 4.78 is 24.6. The van der Waals surface area contributed by atoms with Crippen LogP contribution in [0.5, 0.6) is 0 Å². The van der Waals surface area contributed by atoms with Crippen molar-refractivity contribution in [2.75, 3.05) is 6.26 Å². The number of carbonyl (C=O) groups excluding carboxylic acids is 1. The van der Waals surface area contributed by atoms with Crippen molar-refractivity contribution in [1.29, 1.82) is 0 Å². The van der Waals surface area contributed by atoms with Gasteiger partial charge in [-0.1, -0.05) is 18.2 Å². The second kappa shape index (κ2) is 4.75. The molecule has 3 N–H and O–H groups in total. The fourth-order valence-corrected chi connectivity index (χ4v) is 1.38. The molecule has 0 fully saturated rings. The van der Waals surface area contributed by atoms with Gasteiger partial charge in [0.05, 0.1) is 6.26 Å². The van der Waals surface area contributed by atoms with Crippen molar-refractivity contribution in [2.24, 2.45) is 10.1 Å². The second-order valence-corrected chi connectivity index (χ2v) is 4.68. The molecule has 0 atom stereocenters. The number of hydrogen-bond acceptors (Lipinski definition) is 3. The highest BCUT2D eigenvalue weighted by Gasteiger charge is 2.07.